The third-order valence-corrected chi connectivity index (χ3v) is 7.01. The molecule has 1 saturated heterocycles. The minimum absolute atomic E-state index is 0.0333. The van der Waals surface area contributed by atoms with Gasteiger partial charge in [-0.15, -0.1) is 0 Å². The highest BCUT2D eigenvalue weighted by Crippen LogP contribution is 2.26. The van der Waals surface area contributed by atoms with E-state index in [9.17, 15) is 21.2 Å². The van der Waals surface area contributed by atoms with E-state index in [-0.39, 0.29) is 28.4 Å². The molecule has 2 rings (SSSR count). The first-order valence-corrected chi connectivity index (χ1v) is 9.34. The Morgan fingerprint density at radius 2 is 2.00 bits per heavy atom. The van der Waals surface area contributed by atoms with Crippen molar-refractivity contribution < 1.29 is 21.2 Å². The lowest BCUT2D eigenvalue weighted by molar-refractivity contribution is 0.461. The molecule has 1 N–H and O–H groups in total. The van der Waals surface area contributed by atoms with E-state index in [1.54, 1.807) is 6.92 Å². The maximum Gasteiger partial charge on any atom is 0.241 e. The molecule has 0 radical (unpaired) electrons. The van der Waals surface area contributed by atoms with E-state index >= 15 is 0 Å². The van der Waals surface area contributed by atoms with E-state index in [2.05, 4.69) is 4.72 Å². The Morgan fingerprint density at radius 3 is 2.50 bits per heavy atom. The summed E-state index contributed by atoms with van der Waals surface area (Å²) in [5, 5.41) is 0. The highest BCUT2D eigenvalue weighted by Gasteiger charge is 2.41. The molecule has 1 heterocycles. The summed E-state index contributed by atoms with van der Waals surface area (Å²) in [6, 6.07) is 3.37. The summed E-state index contributed by atoms with van der Waals surface area (Å²) in [7, 11) is -7.09. The minimum atomic E-state index is -3.88. The number of aryl methyl sites for hydroxylation is 1. The van der Waals surface area contributed by atoms with Gasteiger partial charge in [-0.2, -0.15) is 0 Å². The summed E-state index contributed by atoms with van der Waals surface area (Å²) < 4.78 is 63.1. The first-order valence-electron chi connectivity index (χ1n) is 6.04. The summed E-state index contributed by atoms with van der Waals surface area (Å²) in [6.45, 7) is 3.05. The van der Waals surface area contributed by atoms with Crippen molar-refractivity contribution in [3.63, 3.8) is 0 Å². The molecule has 112 valence electrons. The van der Waals surface area contributed by atoms with Gasteiger partial charge in [-0.05, 0) is 44.0 Å². The normalized spacial score (nSPS) is 25.8. The molecule has 0 bridgehead atoms. The predicted molar refractivity (Wildman–Crippen MR) is 73.1 cm³/mol. The molecule has 5 nitrogen and oxygen atoms in total. The molecule has 0 spiro atoms. The number of benzene rings is 1. The van der Waals surface area contributed by atoms with Crippen molar-refractivity contribution in [3.05, 3.63) is 29.6 Å². The predicted octanol–water partition coefficient (Wildman–Crippen LogP) is 0.990. The van der Waals surface area contributed by atoms with Gasteiger partial charge in [0.05, 0.1) is 16.4 Å². The molecule has 0 aliphatic carbocycles. The van der Waals surface area contributed by atoms with Crippen molar-refractivity contribution in [2.45, 2.75) is 30.7 Å². The van der Waals surface area contributed by atoms with Crippen molar-refractivity contribution in [3.8, 4) is 0 Å². The number of halogens is 1. The lowest BCUT2D eigenvalue weighted by Gasteiger charge is -2.24. The molecule has 0 aromatic heterocycles. The molecule has 1 fully saturated rings. The smallest absolute Gasteiger partial charge is 0.229 e. The van der Waals surface area contributed by atoms with Gasteiger partial charge in [0, 0.05) is 5.54 Å². The maximum absolute atomic E-state index is 13.0. The zero-order valence-corrected chi connectivity index (χ0v) is 12.8. The molecular weight excluding hydrogens is 305 g/mol. The van der Waals surface area contributed by atoms with Gasteiger partial charge in [-0.25, -0.2) is 25.9 Å². The Balaban J connectivity index is 2.33. The van der Waals surface area contributed by atoms with Crippen LogP contribution in [0, 0.1) is 12.7 Å². The minimum Gasteiger partial charge on any atom is -0.229 e. The first kappa shape index (κ1) is 15.4. The number of rotatable bonds is 3. The Bertz CT molecular complexity index is 743. The molecule has 1 aliphatic heterocycles. The van der Waals surface area contributed by atoms with Crippen LogP contribution in [0.2, 0.25) is 0 Å². The second-order valence-corrected chi connectivity index (χ2v) is 9.25. The van der Waals surface area contributed by atoms with Gasteiger partial charge in [-0.3, -0.25) is 0 Å². The van der Waals surface area contributed by atoms with E-state index in [1.807, 2.05) is 0 Å². The fourth-order valence-electron chi connectivity index (χ4n) is 2.38. The van der Waals surface area contributed by atoms with E-state index in [4.69, 9.17) is 0 Å². The lowest BCUT2D eigenvalue weighted by Crippen LogP contribution is -2.46. The quantitative estimate of drug-likeness (QED) is 0.900. The second-order valence-electron chi connectivity index (χ2n) is 5.42. The van der Waals surface area contributed by atoms with Crippen LogP contribution < -0.4 is 4.72 Å². The van der Waals surface area contributed by atoms with Gasteiger partial charge in [0.1, 0.15) is 5.82 Å². The van der Waals surface area contributed by atoms with Crippen LogP contribution in [0.1, 0.15) is 18.9 Å². The average Bonchev–Trinajstić information content (AvgIpc) is 2.50. The summed E-state index contributed by atoms with van der Waals surface area (Å²) >= 11 is 0. The summed E-state index contributed by atoms with van der Waals surface area (Å²) in [5.41, 5.74) is -0.736. The van der Waals surface area contributed by atoms with Gasteiger partial charge >= 0.3 is 0 Å². The Hall–Kier alpha value is -0.990. The van der Waals surface area contributed by atoms with Crippen LogP contribution >= 0.6 is 0 Å². The largest absolute Gasteiger partial charge is 0.241 e. The SMILES string of the molecule is Cc1cc(F)ccc1S(=O)(=O)NC1(C)CCS(=O)(=O)C1. The molecule has 0 amide bonds. The van der Waals surface area contributed by atoms with Crippen molar-refractivity contribution in [2.75, 3.05) is 11.5 Å². The Kier molecular flexibility index (Phi) is 3.68. The fraction of sp³-hybridized carbons (Fsp3) is 0.500. The van der Waals surface area contributed by atoms with E-state index in [0.717, 1.165) is 12.1 Å². The topological polar surface area (TPSA) is 80.3 Å². The molecule has 1 aliphatic rings. The monoisotopic (exact) mass is 321 g/mol. The molecule has 1 atom stereocenters. The van der Waals surface area contributed by atoms with Crippen LogP contribution in [0.15, 0.2) is 23.1 Å². The standard InChI is InChI=1S/C12H16FNO4S2/c1-9-7-10(13)3-4-11(9)20(17,18)14-12(2)5-6-19(15,16)8-12/h3-4,7,14H,5-6,8H2,1-2H3. The molecule has 20 heavy (non-hydrogen) atoms. The Labute approximate surface area is 118 Å². The third kappa shape index (κ3) is 3.18. The molecule has 8 heteroatoms. The fourth-order valence-corrected chi connectivity index (χ4v) is 6.23. The number of hydrogen-bond acceptors (Lipinski definition) is 4. The van der Waals surface area contributed by atoms with Crippen LogP contribution in [-0.2, 0) is 19.9 Å². The Morgan fingerprint density at radius 1 is 1.35 bits per heavy atom. The summed E-state index contributed by atoms with van der Waals surface area (Å²) in [6.07, 6.45) is 0.231. The van der Waals surface area contributed by atoms with Crippen LogP contribution in [0.25, 0.3) is 0 Å². The number of sulfonamides is 1. The zero-order chi connectivity index (χ0) is 15.2. The third-order valence-electron chi connectivity index (χ3n) is 3.31. The van der Waals surface area contributed by atoms with E-state index in [1.165, 1.54) is 13.0 Å². The van der Waals surface area contributed by atoms with Gasteiger partial charge in [0.15, 0.2) is 9.84 Å². The number of sulfone groups is 1. The van der Waals surface area contributed by atoms with Crippen LogP contribution in [0.3, 0.4) is 0 Å². The van der Waals surface area contributed by atoms with Crippen LogP contribution in [0.4, 0.5) is 4.39 Å². The van der Waals surface area contributed by atoms with Gasteiger partial charge in [-0.1, -0.05) is 0 Å². The highest BCUT2D eigenvalue weighted by atomic mass is 32.2. The van der Waals surface area contributed by atoms with Crippen LogP contribution in [-0.4, -0.2) is 33.9 Å². The molecule has 1 unspecified atom stereocenters. The number of hydrogen-bond donors (Lipinski definition) is 1. The van der Waals surface area contributed by atoms with Gasteiger partial charge in [0.25, 0.3) is 0 Å². The van der Waals surface area contributed by atoms with Gasteiger partial charge < -0.3 is 0 Å². The van der Waals surface area contributed by atoms with Crippen molar-refractivity contribution in [2.24, 2.45) is 0 Å². The highest BCUT2D eigenvalue weighted by molar-refractivity contribution is 7.92. The molecule has 1 aromatic carbocycles. The molecular formula is C12H16FNO4S2. The molecule has 1 aromatic rings. The first-order chi connectivity index (χ1) is 9.03. The zero-order valence-electron chi connectivity index (χ0n) is 11.2. The second kappa shape index (κ2) is 4.78. The van der Waals surface area contributed by atoms with Crippen molar-refractivity contribution in [1.29, 1.82) is 0 Å². The van der Waals surface area contributed by atoms with Gasteiger partial charge in [0.2, 0.25) is 10.0 Å². The lowest BCUT2D eigenvalue weighted by atomic mass is 10.0. The van der Waals surface area contributed by atoms with E-state index < -0.39 is 31.2 Å². The maximum atomic E-state index is 13.0. The van der Waals surface area contributed by atoms with Crippen molar-refractivity contribution in [1.82, 2.24) is 4.72 Å². The molecule has 0 saturated carbocycles. The summed E-state index contributed by atoms with van der Waals surface area (Å²) in [5.74, 6) is -0.774. The number of nitrogens with one attached hydrogen (secondary N) is 1. The average molecular weight is 321 g/mol. The summed E-state index contributed by atoms with van der Waals surface area (Å²) in [4.78, 5) is -0.0376. The van der Waals surface area contributed by atoms with Crippen LogP contribution in [0.5, 0.6) is 0 Å². The van der Waals surface area contributed by atoms with E-state index in [0.29, 0.717) is 0 Å². The van der Waals surface area contributed by atoms with Crippen molar-refractivity contribution >= 4 is 19.9 Å².